The molecule has 0 amide bonds. The number of ether oxygens (including phenoxy) is 1. The molecule has 0 aliphatic heterocycles. The lowest BCUT2D eigenvalue weighted by Gasteiger charge is -2.65. The minimum atomic E-state index is -1.03. The monoisotopic (exact) mass is 298 g/mol. The Kier molecular flexibility index (Phi) is 3.22. The summed E-state index contributed by atoms with van der Waals surface area (Å²) in [6, 6.07) is 0. The zero-order valence-electron chi connectivity index (χ0n) is 12.9. The number of carbonyl (C=O) groups excluding carboxylic acids is 1. The second-order valence-electron chi connectivity index (χ2n) is 8.15. The van der Waals surface area contributed by atoms with Gasteiger partial charge in [-0.05, 0) is 25.7 Å². The predicted molar refractivity (Wildman–Crippen MR) is 75.4 cm³/mol. The topological polar surface area (TPSA) is 87.0 Å². The number of carbonyl (C=O) groups is 1. The molecule has 4 saturated carbocycles. The van der Waals surface area contributed by atoms with Crippen LogP contribution in [0.1, 0.15) is 58.8 Å². The third-order valence-corrected chi connectivity index (χ3v) is 5.62. The van der Waals surface area contributed by atoms with Gasteiger partial charge in [0.05, 0.1) is 29.3 Å². The highest BCUT2D eigenvalue weighted by atomic mass is 16.5. The molecule has 1 atom stereocenters. The molecular formula is C16H26O5. The van der Waals surface area contributed by atoms with Crippen LogP contribution in [-0.4, -0.2) is 44.7 Å². The van der Waals surface area contributed by atoms with Crippen molar-refractivity contribution in [3.63, 3.8) is 0 Å². The van der Waals surface area contributed by atoms with Crippen LogP contribution in [0.25, 0.3) is 0 Å². The molecule has 0 spiro atoms. The summed E-state index contributed by atoms with van der Waals surface area (Å²) in [5.41, 5.74) is -3.57. The van der Waals surface area contributed by atoms with Crippen LogP contribution in [0.3, 0.4) is 0 Å². The van der Waals surface area contributed by atoms with Gasteiger partial charge in [0, 0.05) is 24.7 Å². The molecule has 5 nitrogen and oxygen atoms in total. The lowest BCUT2D eigenvalue weighted by molar-refractivity contribution is -0.286. The van der Waals surface area contributed by atoms with Gasteiger partial charge in [-0.15, -0.1) is 0 Å². The second kappa shape index (κ2) is 4.43. The van der Waals surface area contributed by atoms with Crippen molar-refractivity contribution in [3.05, 3.63) is 0 Å². The van der Waals surface area contributed by atoms with Crippen LogP contribution >= 0.6 is 0 Å². The summed E-state index contributed by atoms with van der Waals surface area (Å²) >= 11 is 0. The molecule has 21 heavy (non-hydrogen) atoms. The summed E-state index contributed by atoms with van der Waals surface area (Å²) in [6.07, 6.45) is 3.19. The SMILES string of the molecule is CCC(C)C(=O)OCC12CC3(O)CC(O)(CC(O)(C3)C1)C2. The van der Waals surface area contributed by atoms with Crippen molar-refractivity contribution in [1.82, 2.24) is 0 Å². The van der Waals surface area contributed by atoms with Crippen LogP contribution in [0.15, 0.2) is 0 Å². The number of hydrogen-bond acceptors (Lipinski definition) is 5. The van der Waals surface area contributed by atoms with Gasteiger partial charge in [-0.2, -0.15) is 0 Å². The molecular weight excluding hydrogens is 272 g/mol. The fourth-order valence-electron chi connectivity index (χ4n) is 5.37. The van der Waals surface area contributed by atoms with Gasteiger partial charge in [-0.1, -0.05) is 13.8 Å². The molecule has 4 fully saturated rings. The first kappa shape index (κ1) is 15.3. The van der Waals surface area contributed by atoms with Crippen molar-refractivity contribution in [2.24, 2.45) is 11.3 Å². The smallest absolute Gasteiger partial charge is 0.308 e. The molecule has 4 aliphatic carbocycles. The Bertz CT molecular complexity index is 406. The Labute approximate surface area is 125 Å². The van der Waals surface area contributed by atoms with Gasteiger partial charge in [-0.25, -0.2) is 0 Å². The highest BCUT2D eigenvalue weighted by Gasteiger charge is 2.68. The minimum absolute atomic E-state index is 0.145. The molecule has 4 aliphatic rings. The molecule has 0 aromatic rings. The molecule has 1 unspecified atom stereocenters. The van der Waals surface area contributed by atoms with Gasteiger partial charge in [0.1, 0.15) is 0 Å². The third-order valence-electron chi connectivity index (χ3n) is 5.62. The van der Waals surface area contributed by atoms with Crippen LogP contribution in [0.2, 0.25) is 0 Å². The lowest BCUT2D eigenvalue weighted by atomic mass is 9.45. The molecule has 0 radical (unpaired) electrons. The maximum Gasteiger partial charge on any atom is 0.308 e. The number of rotatable bonds is 4. The van der Waals surface area contributed by atoms with Crippen molar-refractivity contribution in [3.8, 4) is 0 Å². The Morgan fingerprint density at radius 2 is 1.43 bits per heavy atom. The standard InChI is InChI=1S/C16H26O5/c1-3-11(2)12(17)21-10-13-4-14(18)7-15(19,5-13)9-16(20,6-13)8-14/h11,18-20H,3-10H2,1-2H3. The van der Waals surface area contributed by atoms with Gasteiger partial charge in [0.25, 0.3) is 0 Å². The second-order valence-corrected chi connectivity index (χ2v) is 8.15. The molecule has 4 bridgehead atoms. The van der Waals surface area contributed by atoms with Crippen LogP contribution in [0.4, 0.5) is 0 Å². The van der Waals surface area contributed by atoms with Gasteiger partial charge in [0.2, 0.25) is 0 Å². The number of esters is 1. The van der Waals surface area contributed by atoms with Crippen LogP contribution in [0.5, 0.6) is 0 Å². The quantitative estimate of drug-likeness (QED) is 0.677. The minimum Gasteiger partial charge on any atom is -0.465 e. The third kappa shape index (κ3) is 2.60. The normalized spacial score (nSPS) is 49.2. The molecule has 4 rings (SSSR count). The maximum atomic E-state index is 11.9. The Morgan fingerprint density at radius 1 is 1.00 bits per heavy atom. The van der Waals surface area contributed by atoms with Gasteiger partial charge >= 0.3 is 5.97 Å². The van der Waals surface area contributed by atoms with E-state index in [2.05, 4.69) is 0 Å². The summed E-state index contributed by atoms with van der Waals surface area (Å²) in [5, 5.41) is 32.0. The summed E-state index contributed by atoms with van der Waals surface area (Å²) in [4.78, 5) is 11.9. The lowest BCUT2D eigenvalue weighted by Crippen LogP contribution is -2.70. The van der Waals surface area contributed by atoms with E-state index in [0.717, 1.165) is 6.42 Å². The van der Waals surface area contributed by atoms with Crippen LogP contribution in [-0.2, 0) is 9.53 Å². The molecule has 3 N–H and O–H groups in total. The summed E-state index contributed by atoms with van der Waals surface area (Å²) in [5.74, 6) is -0.382. The Hall–Kier alpha value is -0.650. The highest BCUT2D eigenvalue weighted by Crippen LogP contribution is 2.64. The van der Waals surface area contributed by atoms with E-state index in [1.54, 1.807) is 0 Å². The largest absolute Gasteiger partial charge is 0.465 e. The van der Waals surface area contributed by atoms with E-state index in [-0.39, 0.29) is 18.5 Å². The first-order valence-electron chi connectivity index (χ1n) is 7.95. The molecule has 0 heterocycles. The van der Waals surface area contributed by atoms with E-state index in [1.807, 2.05) is 13.8 Å². The molecule has 120 valence electrons. The maximum absolute atomic E-state index is 11.9. The Morgan fingerprint density at radius 3 is 1.81 bits per heavy atom. The summed E-state index contributed by atoms with van der Waals surface area (Å²) in [6.45, 7) is 3.95. The average molecular weight is 298 g/mol. The molecule has 0 saturated heterocycles. The van der Waals surface area contributed by atoms with E-state index in [0.29, 0.717) is 38.5 Å². The van der Waals surface area contributed by atoms with Crippen LogP contribution < -0.4 is 0 Å². The van der Waals surface area contributed by atoms with Crippen LogP contribution in [0, 0.1) is 11.3 Å². The van der Waals surface area contributed by atoms with Gasteiger partial charge in [0.15, 0.2) is 0 Å². The van der Waals surface area contributed by atoms with Gasteiger partial charge < -0.3 is 20.1 Å². The van der Waals surface area contributed by atoms with Crippen molar-refractivity contribution in [2.75, 3.05) is 6.61 Å². The van der Waals surface area contributed by atoms with E-state index < -0.39 is 22.2 Å². The first-order valence-corrected chi connectivity index (χ1v) is 7.95. The van der Waals surface area contributed by atoms with Crippen molar-refractivity contribution in [1.29, 1.82) is 0 Å². The molecule has 0 aromatic heterocycles. The van der Waals surface area contributed by atoms with E-state index >= 15 is 0 Å². The zero-order chi connectivity index (χ0) is 15.5. The van der Waals surface area contributed by atoms with E-state index in [1.165, 1.54) is 0 Å². The predicted octanol–water partition coefficient (Wildman–Crippen LogP) is 1.14. The number of aliphatic hydroxyl groups is 3. The van der Waals surface area contributed by atoms with E-state index in [9.17, 15) is 20.1 Å². The Balaban J connectivity index is 1.77. The van der Waals surface area contributed by atoms with E-state index in [4.69, 9.17) is 4.74 Å². The molecule has 5 heteroatoms. The highest BCUT2D eigenvalue weighted by molar-refractivity contribution is 5.71. The fourth-order valence-corrected chi connectivity index (χ4v) is 5.37. The van der Waals surface area contributed by atoms with Gasteiger partial charge in [-0.3, -0.25) is 4.79 Å². The van der Waals surface area contributed by atoms with Crippen molar-refractivity contribution in [2.45, 2.75) is 75.6 Å². The van der Waals surface area contributed by atoms with Crippen molar-refractivity contribution >= 4 is 5.97 Å². The summed E-state index contributed by atoms with van der Waals surface area (Å²) < 4.78 is 5.44. The first-order chi connectivity index (χ1) is 9.61. The number of hydrogen-bond donors (Lipinski definition) is 3. The molecule has 0 aromatic carbocycles. The average Bonchev–Trinajstić information content (AvgIpc) is 2.29. The summed E-state index contributed by atoms with van der Waals surface area (Å²) in [7, 11) is 0. The van der Waals surface area contributed by atoms with Crippen molar-refractivity contribution < 1.29 is 24.9 Å². The zero-order valence-corrected chi connectivity index (χ0v) is 12.9. The fraction of sp³-hybridized carbons (Fsp3) is 0.938.